The van der Waals surface area contributed by atoms with Crippen LogP contribution in [0.25, 0.3) is 10.8 Å². The summed E-state index contributed by atoms with van der Waals surface area (Å²) < 4.78 is 5.65. The highest BCUT2D eigenvalue weighted by Gasteiger charge is 2.20. The highest BCUT2D eigenvalue weighted by molar-refractivity contribution is 5.98. The van der Waals surface area contributed by atoms with Gasteiger partial charge in [-0.25, -0.2) is 0 Å². The summed E-state index contributed by atoms with van der Waals surface area (Å²) in [6.45, 7) is 7.43. The van der Waals surface area contributed by atoms with Crippen molar-refractivity contribution in [2.24, 2.45) is 0 Å². The van der Waals surface area contributed by atoms with Crippen molar-refractivity contribution < 1.29 is 4.74 Å². The Kier molecular flexibility index (Phi) is 4.81. The molecule has 0 bridgehead atoms. The first kappa shape index (κ1) is 16.9. The zero-order valence-electron chi connectivity index (χ0n) is 15.6. The fraction of sp³-hybridized carbons (Fsp3) is 0.304. The maximum absolute atomic E-state index is 5.65. The van der Waals surface area contributed by atoms with E-state index in [-0.39, 0.29) is 0 Å². The van der Waals surface area contributed by atoms with Gasteiger partial charge < -0.3 is 9.64 Å². The second kappa shape index (κ2) is 7.38. The van der Waals surface area contributed by atoms with Crippen LogP contribution in [0.2, 0.25) is 0 Å². The minimum Gasteiger partial charge on any atom is -0.496 e. The van der Waals surface area contributed by atoms with E-state index in [1.165, 1.54) is 27.6 Å². The van der Waals surface area contributed by atoms with E-state index < -0.39 is 0 Å². The lowest BCUT2D eigenvalue weighted by atomic mass is 10.0. The molecule has 1 aliphatic rings. The molecular weight excluding hydrogens is 320 g/mol. The van der Waals surface area contributed by atoms with Crippen LogP contribution in [0.3, 0.4) is 0 Å². The van der Waals surface area contributed by atoms with Crippen LogP contribution in [-0.2, 0) is 6.54 Å². The van der Waals surface area contributed by atoms with Crippen LogP contribution in [0.5, 0.6) is 5.75 Å². The molecule has 0 aromatic heterocycles. The quantitative estimate of drug-likeness (QED) is 0.693. The average Bonchev–Trinajstić information content (AvgIpc) is 2.70. The van der Waals surface area contributed by atoms with Gasteiger partial charge >= 0.3 is 0 Å². The van der Waals surface area contributed by atoms with Crippen LogP contribution in [0.4, 0.5) is 5.69 Å². The van der Waals surface area contributed by atoms with Gasteiger partial charge in [0.15, 0.2) is 0 Å². The van der Waals surface area contributed by atoms with E-state index in [9.17, 15) is 0 Å². The van der Waals surface area contributed by atoms with Crippen LogP contribution in [0.15, 0.2) is 60.7 Å². The molecular formula is C23H26N2O. The number of nitrogens with zero attached hydrogens (tertiary/aromatic N) is 2. The third-order valence-corrected chi connectivity index (χ3v) is 5.43. The Bertz CT molecular complexity index is 883. The normalized spacial score (nSPS) is 15.4. The molecule has 1 fully saturated rings. The molecule has 1 saturated heterocycles. The smallest absolute Gasteiger partial charge is 0.124 e. The Hall–Kier alpha value is -2.52. The van der Waals surface area contributed by atoms with Crippen LogP contribution < -0.4 is 9.64 Å². The topological polar surface area (TPSA) is 15.7 Å². The van der Waals surface area contributed by atoms with Gasteiger partial charge in [-0.15, -0.1) is 0 Å². The third kappa shape index (κ3) is 3.27. The number of hydrogen-bond acceptors (Lipinski definition) is 3. The van der Waals surface area contributed by atoms with E-state index in [2.05, 4.69) is 77.4 Å². The summed E-state index contributed by atoms with van der Waals surface area (Å²) in [5.74, 6) is 0.977. The first-order valence-electron chi connectivity index (χ1n) is 9.34. The standard InChI is InChI=1S/C23H26N2O/c1-18-20-10-6-7-11-21(20)22(16-23(18)26-2)25-14-12-24(13-15-25)17-19-8-4-3-5-9-19/h3-11,16H,12-15,17H2,1-2H3. The van der Waals surface area contributed by atoms with E-state index >= 15 is 0 Å². The van der Waals surface area contributed by atoms with E-state index in [1.807, 2.05) is 0 Å². The van der Waals surface area contributed by atoms with Gasteiger partial charge in [0, 0.05) is 49.9 Å². The molecule has 0 spiro atoms. The monoisotopic (exact) mass is 346 g/mol. The van der Waals surface area contributed by atoms with Crippen molar-refractivity contribution in [2.75, 3.05) is 38.2 Å². The zero-order valence-corrected chi connectivity index (χ0v) is 15.6. The van der Waals surface area contributed by atoms with Gasteiger partial charge in [0.2, 0.25) is 0 Å². The number of rotatable bonds is 4. The molecule has 0 radical (unpaired) electrons. The average molecular weight is 346 g/mol. The number of methoxy groups -OCH3 is 1. The van der Waals surface area contributed by atoms with Gasteiger partial charge in [-0.3, -0.25) is 4.90 Å². The molecule has 1 heterocycles. The summed E-state index contributed by atoms with van der Waals surface area (Å²) in [6, 6.07) is 21.6. The van der Waals surface area contributed by atoms with E-state index in [1.54, 1.807) is 7.11 Å². The molecule has 4 rings (SSSR count). The van der Waals surface area contributed by atoms with Crippen molar-refractivity contribution in [2.45, 2.75) is 13.5 Å². The predicted molar refractivity (Wildman–Crippen MR) is 109 cm³/mol. The Morgan fingerprint density at radius 2 is 1.50 bits per heavy atom. The van der Waals surface area contributed by atoms with E-state index in [4.69, 9.17) is 4.74 Å². The highest BCUT2D eigenvalue weighted by Crippen LogP contribution is 2.36. The minimum absolute atomic E-state index is 0.977. The van der Waals surface area contributed by atoms with Crippen molar-refractivity contribution in [3.63, 3.8) is 0 Å². The molecule has 0 amide bonds. The van der Waals surface area contributed by atoms with Crippen molar-refractivity contribution >= 4 is 16.5 Å². The molecule has 134 valence electrons. The molecule has 0 unspecified atom stereocenters. The number of anilines is 1. The lowest BCUT2D eigenvalue weighted by Crippen LogP contribution is -2.46. The fourth-order valence-electron chi connectivity index (χ4n) is 3.94. The molecule has 3 heteroatoms. The number of piperazine rings is 1. The lowest BCUT2D eigenvalue weighted by Gasteiger charge is -2.37. The summed E-state index contributed by atoms with van der Waals surface area (Å²) in [4.78, 5) is 5.05. The number of aryl methyl sites for hydroxylation is 1. The Morgan fingerprint density at radius 1 is 0.846 bits per heavy atom. The maximum atomic E-state index is 5.65. The van der Waals surface area contributed by atoms with Gasteiger partial charge in [0.05, 0.1) is 7.11 Å². The second-order valence-electron chi connectivity index (χ2n) is 7.02. The molecule has 0 aliphatic carbocycles. The van der Waals surface area contributed by atoms with Crippen LogP contribution in [-0.4, -0.2) is 38.2 Å². The van der Waals surface area contributed by atoms with Gasteiger partial charge in [0.1, 0.15) is 5.75 Å². The van der Waals surface area contributed by atoms with E-state index in [0.717, 1.165) is 38.5 Å². The van der Waals surface area contributed by atoms with Crippen molar-refractivity contribution in [1.82, 2.24) is 4.90 Å². The SMILES string of the molecule is COc1cc(N2CCN(Cc3ccccc3)CC2)c2ccccc2c1C. The molecule has 0 N–H and O–H groups in total. The largest absolute Gasteiger partial charge is 0.496 e. The third-order valence-electron chi connectivity index (χ3n) is 5.43. The molecule has 26 heavy (non-hydrogen) atoms. The molecule has 3 nitrogen and oxygen atoms in total. The Labute approximate surface area is 155 Å². The highest BCUT2D eigenvalue weighted by atomic mass is 16.5. The van der Waals surface area contributed by atoms with Gasteiger partial charge in [-0.1, -0.05) is 54.6 Å². The van der Waals surface area contributed by atoms with Crippen molar-refractivity contribution in [3.05, 3.63) is 71.8 Å². The van der Waals surface area contributed by atoms with Crippen LogP contribution in [0, 0.1) is 6.92 Å². The zero-order chi connectivity index (χ0) is 17.9. The second-order valence-corrected chi connectivity index (χ2v) is 7.02. The summed E-state index contributed by atoms with van der Waals surface area (Å²) in [6.07, 6.45) is 0. The fourth-order valence-corrected chi connectivity index (χ4v) is 3.94. The summed E-state index contributed by atoms with van der Waals surface area (Å²) >= 11 is 0. The first-order valence-corrected chi connectivity index (χ1v) is 9.34. The van der Waals surface area contributed by atoms with E-state index in [0.29, 0.717) is 0 Å². The lowest BCUT2D eigenvalue weighted by molar-refractivity contribution is 0.250. The summed E-state index contributed by atoms with van der Waals surface area (Å²) in [7, 11) is 1.76. The molecule has 1 aliphatic heterocycles. The molecule has 3 aromatic rings. The van der Waals surface area contributed by atoms with Crippen LogP contribution >= 0.6 is 0 Å². The number of fused-ring (bicyclic) bond motifs is 1. The Morgan fingerprint density at radius 3 is 2.19 bits per heavy atom. The summed E-state index contributed by atoms with van der Waals surface area (Å²) in [5.41, 5.74) is 3.90. The first-order chi connectivity index (χ1) is 12.8. The predicted octanol–water partition coefficient (Wildman–Crippen LogP) is 4.48. The van der Waals surface area contributed by atoms with Crippen molar-refractivity contribution in [1.29, 1.82) is 0 Å². The molecule has 0 saturated carbocycles. The number of benzene rings is 3. The molecule has 0 atom stereocenters. The van der Waals surface area contributed by atoms with Crippen LogP contribution in [0.1, 0.15) is 11.1 Å². The minimum atomic E-state index is 0.977. The van der Waals surface area contributed by atoms with Gasteiger partial charge in [-0.05, 0) is 23.4 Å². The molecule has 3 aromatic carbocycles. The maximum Gasteiger partial charge on any atom is 0.124 e. The summed E-state index contributed by atoms with van der Waals surface area (Å²) in [5, 5.41) is 2.61. The van der Waals surface area contributed by atoms with Crippen molar-refractivity contribution in [3.8, 4) is 5.75 Å². The van der Waals surface area contributed by atoms with Gasteiger partial charge in [0.25, 0.3) is 0 Å². The Balaban J connectivity index is 1.55. The number of ether oxygens (including phenoxy) is 1. The number of hydrogen-bond donors (Lipinski definition) is 0. The van der Waals surface area contributed by atoms with Gasteiger partial charge in [-0.2, -0.15) is 0 Å².